The Labute approximate surface area is 143 Å². The van der Waals surface area contributed by atoms with Crippen molar-refractivity contribution in [3.63, 3.8) is 0 Å². The predicted molar refractivity (Wildman–Crippen MR) is 92.1 cm³/mol. The molecule has 3 aliphatic rings. The molecule has 1 N–H and O–H groups in total. The van der Waals surface area contributed by atoms with Gasteiger partial charge in [0.15, 0.2) is 0 Å². The first-order valence-corrected chi connectivity index (χ1v) is 8.98. The maximum atomic E-state index is 12.9. The Morgan fingerprint density at radius 2 is 2.17 bits per heavy atom. The van der Waals surface area contributed by atoms with Gasteiger partial charge in [-0.2, -0.15) is 0 Å². The molecule has 0 bridgehead atoms. The van der Waals surface area contributed by atoms with Gasteiger partial charge in [0.2, 0.25) is 5.91 Å². The molecule has 1 aromatic carbocycles. The number of hydrogen-bond acceptors (Lipinski definition) is 4. The molecule has 1 saturated heterocycles. The molecule has 2 aliphatic heterocycles. The number of ether oxygens (including phenoxy) is 1. The van der Waals surface area contributed by atoms with Crippen LogP contribution in [-0.4, -0.2) is 60.4 Å². The molecule has 5 heteroatoms. The summed E-state index contributed by atoms with van der Waals surface area (Å²) in [5, 5.41) is 10.1. The number of amides is 1. The molecule has 1 aliphatic carbocycles. The number of likely N-dealkylation sites (tertiary alicyclic amines) is 1. The Hall–Kier alpha value is -1.43. The lowest BCUT2D eigenvalue weighted by molar-refractivity contribution is -0.122. The van der Waals surface area contributed by atoms with Crippen LogP contribution in [0.2, 0.25) is 0 Å². The van der Waals surface area contributed by atoms with E-state index in [1.807, 2.05) is 23.1 Å². The van der Waals surface area contributed by atoms with Crippen molar-refractivity contribution in [2.45, 2.75) is 49.9 Å². The maximum absolute atomic E-state index is 12.9. The van der Waals surface area contributed by atoms with E-state index in [0.29, 0.717) is 13.0 Å². The SMILES string of the molecule is CO[C@@]12CC[C@H](O)C[C@@H]1N(CC(=O)N1CCc3ccccc31)CC2. The normalized spacial score (nSPS) is 32.7. The molecule has 130 valence electrons. The minimum absolute atomic E-state index is 0.146. The first-order valence-electron chi connectivity index (χ1n) is 8.98. The zero-order valence-electron chi connectivity index (χ0n) is 14.3. The van der Waals surface area contributed by atoms with Crippen molar-refractivity contribution >= 4 is 11.6 Å². The van der Waals surface area contributed by atoms with E-state index in [2.05, 4.69) is 11.0 Å². The minimum atomic E-state index is -0.276. The largest absolute Gasteiger partial charge is 0.393 e. The molecule has 0 unspecified atom stereocenters. The van der Waals surface area contributed by atoms with Gasteiger partial charge in [0, 0.05) is 31.9 Å². The van der Waals surface area contributed by atoms with E-state index in [-0.39, 0.29) is 23.7 Å². The maximum Gasteiger partial charge on any atom is 0.241 e. The van der Waals surface area contributed by atoms with E-state index < -0.39 is 0 Å². The van der Waals surface area contributed by atoms with Crippen molar-refractivity contribution in [3.8, 4) is 0 Å². The summed E-state index contributed by atoms with van der Waals surface area (Å²) in [5.74, 6) is 0.159. The van der Waals surface area contributed by atoms with Crippen molar-refractivity contribution in [2.24, 2.45) is 0 Å². The predicted octanol–water partition coefficient (Wildman–Crippen LogP) is 1.58. The van der Waals surface area contributed by atoms with E-state index in [9.17, 15) is 9.90 Å². The number of carbonyl (C=O) groups excluding carboxylic acids is 1. The number of aliphatic hydroxyl groups excluding tert-OH is 1. The van der Waals surface area contributed by atoms with Crippen LogP contribution in [0.1, 0.15) is 31.2 Å². The van der Waals surface area contributed by atoms with Gasteiger partial charge in [-0.3, -0.25) is 9.69 Å². The molecule has 0 aromatic heterocycles. The van der Waals surface area contributed by atoms with E-state index >= 15 is 0 Å². The van der Waals surface area contributed by atoms with Crippen molar-refractivity contribution in [1.29, 1.82) is 0 Å². The third-order valence-corrected chi connectivity index (χ3v) is 6.20. The standard InChI is InChI=1S/C19H26N2O3/c1-24-19-8-6-15(22)12-17(19)20(11-9-19)13-18(23)21-10-7-14-4-2-3-5-16(14)21/h2-5,15,17,22H,6-13H2,1H3/t15-,17-,19+/m0/s1. The van der Waals surface area contributed by atoms with Gasteiger partial charge in [-0.05, 0) is 43.7 Å². The lowest BCUT2D eigenvalue weighted by atomic mass is 9.79. The average Bonchev–Trinajstić information content (AvgIpc) is 3.17. The second-order valence-corrected chi connectivity index (χ2v) is 7.36. The fraction of sp³-hybridized carbons (Fsp3) is 0.632. The molecule has 2 fully saturated rings. The van der Waals surface area contributed by atoms with Crippen molar-refractivity contribution in [2.75, 3.05) is 31.6 Å². The topological polar surface area (TPSA) is 53.0 Å². The van der Waals surface area contributed by atoms with Crippen LogP contribution in [0.25, 0.3) is 0 Å². The molecule has 1 saturated carbocycles. The number of anilines is 1. The van der Waals surface area contributed by atoms with E-state index in [1.54, 1.807) is 7.11 Å². The second kappa shape index (κ2) is 6.14. The highest BCUT2D eigenvalue weighted by molar-refractivity contribution is 5.96. The fourth-order valence-electron chi connectivity index (χ4n) is 4.82. The van der Waals surface area contributed by atoms with Gasteiger partial charge in [-0.25, -0.2) is 0 Å². The zero-order chi connectivity index (χ0) is 16.7. The third kappa shape index (κ3) is 2.55. The molecule has 0 spiro atoms. The molecule has 2 heterocycles. The molecular formula is C19H26N2O3. The lowest BCUT2D eigenvalue weighted by Gasteiger charge is -2.42. The summed E-state index contributed by atoms with van der Waals surface area (Å²) in [6.45, 7) is 2.05. The molecule has 4 rings (SSSR count). The van der Waals surface area contributed by atoms with Gasteiger partial charge in [0.05, 0.1) is 18.2 Å². The van der Waals surface area contributed by atoms with Crippen molar-refractivity contribution < 1.29 is 14.6 Å². The minimum Gasteiger partial charge on any atom is -0.393 e. The van der Waals surface area contributed by atoms with Crippen LogP contribution in [0.15, 0.2) is 24.3 Å². The first-order chi connectivity index (χ1) is 11.6. The quantitative estimate of drug-likeness (QED) is 0.914. The number of nitrogens with zero attached hydrogens (tertiary/aromatic N) is 2. The average molecular weight is 330 g/mol. The Bertz CT molecular complexity index is 635. The highest BCUT2D eigenvalue weighted by atomic mass is 16.5. The smallest absolute Gasteiger partial charge is 0.241 e. The summed E-state index contributed by atoms with van der Waals surface area (Å²) in [6, 6.07) is 8.31. The number of benzene rings is 1. The van der Waals surface area contributed by atoms with Crippen LogP contribution < -0.4 is 4.90 Å². The Morgan fingerprint density at radius 1 is 1.33 bits per heavy atom. The summed E-state index contributed by atoms with van der Waals surface area (Å²) in [5.41, 5.74) is 2.14. The van der Waals surface area contributed by atoms with E-state index in [0.717, 1.165) is 44.5 Å². The van der Waals surface area contributed by atoms with Gasteiger partial charge in [0.1, 0.15) is 0 Å². The Balaban J connectivity index is 1.49. The van der Waals surface area contributed by atoms with Gasteiger partial charge in [-0.1, -0.05) is 18.2 Å². The van der Waals surface area contributed by atoms with Crippen LogP contribution in [-0.2, 0) is 16.0 Å². The molecule has 0 radical (unpaired) electrons. The Kier molecular flexibility index (Phi) is 4.11. The second-order valence-electron chi connectivity index (χ2n) is 7.36. The number of hydrogen-bond donors (Lipinski definition) is 1. The molecule has 3 atom stereocenters. The highest BCUT2D eigenvalue weighted by Gasteiger charge is 2.51. The van der Waals surface area contributed by atoms with Crippen LogP contribution in [0.3, 0.4) is 0 Å². The molecule has 1 amide bonds. The molecule has 5 nitrogen and oxygen atoms in total. The number of carbonyl (C=O) groups is 1. The van der Waals surface area contributed by atoms with Crippen molar-refractivity contribution in [1.82, 2.24) is 4.90 Å². The highest BCUT2D eigenvalue weighted by Crippen LogP contribution is 2.42. The van der Waals surface area contributed by atoms with Crippen LogP contribution in [0.5, 0.6) is 0 Å². The molecule has 24 heavy (non-hydrogen) atoms. The van der Waals surface area contributed by atoms with Gasteiger partial charge >= 0.3 is 0 Å². The number of aliphatic hydroxyl groups is 1. The monoisotopic (exact) mass is 330 g/mol. The molecular weight excluding hydrogens is 304 g/mol. The summed E-state index contributed by atoms with van der Waals surface area (Å²) in [6.07, 6.45) is 3.99. The van der Waals surface area contributed by atoms with Crippen LogP contribution in [0, 0.1) is 0 Å². The van der Waals surface area contributed by atoms with Gasteiger partial charge in [0.25, 0.3) is 0 Å². The fourth-order valence-corrected chi connectivity index (χ4v) is 4.82. The van der Waals surface area contributed by atoms with Crippen LogP contribution in [0.4, 0.5) is 5.69 Å². The van der Waals surface area contributed by atoms with Crippen LogP contribution >= 0.6 is 0 Å². The molecule has 1 aromatic rings. The first kappa shape index (κ1) is 16.1. The zero-order valence-corrected chi connectivity index (χ0v) is 14.3. The summed E-state index contributed by atoms with van der Waals surface area (Å²) >= 11 is 0. The summed E-state index contributed by atoms with van der Waals surface area (Å²) < 4.78 is 5.87. The summed E-state index contributed by atoms with van der Waals surface area (Å²) in [4.78, 5) is 17.0. The van der Waals surface area contributed by atoms with Gasteiger partial charge in [-0.15, -0.1) is 0 Å². The van der Waals surface area contributed by atoms with E-state index in [1.165, 1.54) is 5.56 Å². The number of para-hydroxylation sites is 1. The number of methoxy groups -OCH3 is 1. The van der Waals surface area contributed by atoms with Gasteiger partial charge < -0.3 is 14.7 Å². The number of rotatable bonds is 3. The number of fused-ring (bicyclic) bond motifs is 2. The summed E-state index contributed by atoms with van der Waals surface area (Å²) in [7, 11) is 1.77. The Morgan fingerprint density at radius 3 is 3.00 bits per heavy atom. The lowest BCUT2D eigenvalue weighted by Crippen LogP contribution is -2.53. The van der Waals surface area contributed by atoms with Crippen molar-refractivity contribution in [3.05, 3.63) is 29.8 Å². The third-order valence-electron chi connectivity index (χ3n) is 6.20. The van der Waals surface area contributed by atoms with E-state index in [4.69, 9.17) is 4.74 Å².